The number of aromatic nitrogens is 1. The van der Waals surface area contributed by atoms with Crippen LogP contribution in [-0.2, 0) is 11.3 Å². The van der Waals surface area contributed by atoms with Crippen molar-refractivity contribution in [3.63, 3.8) is 0 Å². The van der Waals surface area contributed by atoms with Crippen molar-refractivity contribution >= 4 is 12.0 Å². The maximum Gasteiger partial charge on any atom is 0.317 e. The topological polar surface area (TPSA) is 82.5 Å². The normalized spacial score (nSPS) is 21.9. The summed E-state index contributed by atoms with van der Waals surface area (Å²) in [7, 11) is 0. The molecule has 2 heterocycles. The van der Waals surface area contributed by atoms with E-state index in [1.807, 2.05) is 19.9 Å². The lowest BCUT2D eigenvalue weighted by Gasteiger charge is -2.34. The second kappa shape index (κ2) is 6.56. The maximum absolute atomic E-state index is 12.2. The van der Waals surface area contributed by atoms with Gasteiger partial charge in [0.2, 0.25) is 0 Å². The van der Waals surface area contributed by atoms with Gasteiger partial charge in [0.05, 0.1) is 5.92 Å². The molecular formula is C15H21N3O3. The Morgan fingerprint density at radius 2 is 2.24 bits per heavy atom. The largest absolute Gasteiger partial charge is 0.481 e. The first-order valence-corrected chi connectivity index (χ1v) is 7.12. The Morgan fingerprint density at radius 1 is 1.48 bits per heavy atom. The van der Waals surface area contributed by atoms with Crippen molar-refractivity contribution in [1.29, 1.82) is 0 Å². The molecule has 6 nitrogen and oxygen atoms in total. The second-order valence-corrected chi connectivity index (χ2v) is 5.74. The predicted molar refractivity (Wildman–Crippen MR) is 77.7 cm³/mol. The van der Waals surface area contributed by atoms with Crippen LogP contribution in [0.2, 0.25) is 0 Å². The van der Waals surface area contributed by atoms with Crippen molar-refractivity contribution in [2.75, 3.05) is 13.1 Å². The van der Waals surface area contributed by atoms with Gasteiger partial charge in [-0.1, -0.05) is 6.92 Å². The van der Waals surface area contributed by atoms with Gasteiger partial charge < -0.3 is 15.3 Å². The SMILES string of the molecule is Cc1ccncc1CNC(=O)N1CC(C)CC(C(=O)O)C1. The Morgan fingerprint density at radius 3 is 2.90 bits per heavy atom. The molecule has 0 radical (unpaired) electrons. The van der Waals surface area contributed by atoms with Crippen LogP contribution in [0.1, 0.15) is 24.5 Å². The highest BCUT2D eigenvalue weighted by molar-refractivity contribution is 5.76. The van der Waals surface area contributed by atoms with Gasteiger partial charge in [-0.25, -0.2) is 4.79 Å². The molecule has 2 N–H and O–H groups in total. The predicted octanol–water partition coefficient (Wildman–Crippen LogP) is 1.64. The number of rotatable bonds is 3. The van der Waals surface area contributed by atoms with Crippen LogP contribution in [0.25, 0.3) is 0 Å². The number of piperidine rings is 1. The third-order valence-electron chi connectivity index (χ3n) is 3.87. The van der Waals surface area contributed by atoms with Gasteiger partial charge in [-0.05, 0) is 36.5 Å². The lowest BCUT2D eigenvalue weighted by atomic mass is 9.91. The summed E-state index contributed by atoms with van der Waals surface area (Å²) < 4.78 is 0. The third kappa shape index (κ3) is 3.93. The van der Waals surface area contributed by atoms with Gasteiger partial charge >= 0.3 is 12.0 Å². The van der Waals surface area contributed by atoms with Crippen molar-refractivity contribution in [3.05, 3.63) is 29.6 Å². The van der Waals surface area contributed by atoms with Gasteiger partial charge in [0.1, 0.15) is 0 Å². The molecule has 0 aliphatic carbocycles. The molecule has 1 aliphatic heterocycles. The van der Waals surface area contributed by atoms with E-state index in [1.165, 1.54) is 0 Å². The number of carbonyl (C=O) groups excluding carboxylic acids is 1. The summed E-state index contributed by atoms with van der Waals surface area (Å²) in [6.45, 7) is 5.22. The molecule has 2 amide bonds. The number of pyridine rings is 1. The average molecular weight is 291 g/mol. The van der Waals surface area contributed by atoms with Gasteiger partial charge in [0, 0.05) is 32.0 Å². The highest BCUT2D eigenvalue weighted by Gasteiger charge is 2.31. The average Bonchev–Trinajstić information content (AvgIpc) is 2.45. The highest BCUT2D eigenvalue weighted by atomic mass is 16.4. The number of aliphatic carboxylic acids is 1. The van der Waals surface area contributed by atoms with E-state index in [9.17, 15) is 9.59 Å². The fourth-order valence-corrected chi connectivity index (χ4v) is 2.66. The number of hydrogen-bond acceptors (Lipinski definition) is 3. The van der Waals surface area contributed by atoms with Crippen LogP contribution >= 0.6 is 0 Å². The Hall–Kier alpha value is -2.11. The number of urea groups is 1. The minimum Gasteiger partial charge on any atom is -0.481 e. The summed E-state index contributed by atoms with van der Waals surface area (Å²) in [6, 6.07) is 1.68. The molecule has 2 atom stereocenters. The smallest absolute Gasteiger partial charge is 0.317 e. The first kappa shape index (κ1) is 15.3. The first-order chi connectivity index (χ1) is 9.97. The summed E-state index contributed by atoms with van der Waals surface area (Å²) in [5, 5.41) is 12.0. The molecule has 0 aromatic carbocycles. The maximum atomic E-state index is 12.2. The number of carbonyl (C=O) groups is 2. The van der Waals surface area contributed by atoms with Crippen LogP contribution in [0.3, 0.4) is 0 Å². The van der Waals surface area contributed by atoms with Crippen molar-refractivity contribution < 1.29 is 14.7 Å². The molecule has 0 saturated carbocycles. The third-order valence-corrected chi connectivity index (χ3v) is 3.87. The standard InChI is InChI=1S/C15H21N3O3/c1-10-5-12(14(19)20)9-18(8-10)15(21)17-7-13-6-16-4-3-11(13)2/h3-4,6,10,12H,5,7-9H2,1-2H3,(H,17,21)(H,19,20). The summed E-state index contributed by atoms with van der Waals surface area (Å²) in [5.74, 6) is -1.10. The molecule has 1 aromatic rings. The molecule has 0 spiro atoms. The van der Waals surface area contributed by atoms with E-state index in [0.29, 0.717) is 19.5 Å². The van der Waals surface area contributed by atoms with Crippen molar-refractivity contribution in [1.82, 2.24) is 15.2 Å². The molecule has 0 bridgehead atoms. The van der Waals surface area contributed by atoms with Crippen LogP contribution in [0.4, 0.5) is 4.79 Å². The molecule has 1 fully saturated rings. The minimum atomic E-state index is -0.831. The highest BCUT2D eigenvalue weighted by Crippen LogP contribution is 2.21. The number of hydrogen-bond donors (Lipinski definition) is 2. The van der Waals surface area contributed by atoms with Crippen molar-refractivity contribution in [2.24, 2.45) is 11.8 Å². The summed E-state index contributed by atoms with van der Waals surface area (Å²) in [5.41, 5.74) is 2.03. The second-order valence-electron chi connectivity index (χ2n) is 5.74. The number of carboxylic acids is 1. The van der Waals surface area contributed by atoms with Crippen LogP contribution in [0.5, 0.6) is 0 Å². The van der Waals surface area contributed by atoms with Crippen LogP contribution < -0.4 is 5.32 Å². The van der Waals surface area contributed by atoms with E-state index in [4.69, 9.17) is 5.11 Å². The zero-order valence-corrected chi connectivity index (χ0v) is 12.4. The quantitative estimate of drug-likeness (QED) is 0.887. The Balaban J connectivity index is 1.93. The van der Waals surface area contributed by atoms with Gasteiger partial charge in [-0.2, -0.15) is 0 Å². The number of aryl methyl sites for hydroxylation is 1. The summed E-state index contributed by atoms with van der Waals surface area (Å²) >= 11 is 0. The van der Waals surface area contributed by atoms with Crippen LogP contribution in [0.15, 0.2) is 18.5 Å². The molecule has 6 heteroatoms. The molecule has 21 heavy (non-hydrogen) atoms. The Bertz CT molecular complexity index is 533. The van der Waals surface area contributed by atoms with Crippen molar-refractivity contribution in [2.45, 2.75) is 26.8 Å². The van der Waals surface area contributed by atoms with Gasteiger partial charge in [0.15, 0.2) is 0 Å². The molecule has 2 unspecified atom stereocenters. The summed E-state index contributed by atoms with van der Waals surface area (Å²) in [4.78, 5) is 29.0. The molecule has 1 aliphatic rings. The number of nitrogens with zero attached hydrogens (tertiary/aromatic N) is 2. The van der Waals surface area contributed by atoms with Crippen LogP contribution in [-0.4, -0.2) is 40.1 Å². The Labute approximate surface area is 124 Å². The number of likely N-dealkylation sites (tertiary alicyclic amines) is 1. The molecular weight excluding hydrogens is 270 g/mol. The van der Waals surface area contributed by atoms with E-state index >= 15 is 0 Å². The van der Waals surface area contributed by atoms with Gasteiger partial charge in [-0.15, -0.1) is 0 Å². The lowest BCUT2D eigenvalue weighted by Crippen LogP contribution is -2.49. The molecule has 1 saturated heterocycles. The molecule has 114 valence electrons. The first-order valence-electron chi connectivity index (χ1n) is 7.12. The zero-order valence-electron chi connectivity index (χ0n) is 12.4. The van der Waals surface area contributed by atoms with E-state index in [0.717, 1.165) is 11.1 Å². The zero-order chi connectivity index (χ0) is 15.4. The van der Waals surface area contributed by atoms with Gasteiger partial charge in [0.25, 0.3) is 0 Å². The number of nitrogens with one attached hydrogen (secondary N) is 1. The van der Waals surface area contributed by atoms with E-state index in [1.54, 1.807) is 17.3 Å². The summed E-state index contributed by atoms with van der Waals surface area (Å²) in [6.07, 6.45) is 4.07. The fraction of sp³-hybridized carbons (Fsp3) is 0.533. The number of carboxylic acid groups (broad SMARTS) is 1. The van der Waals surface area contributed by atoms with Gasteiger partial charge in [-0.3, -0.25) is 9.78 Å². The fourth-order valence-electron chi connectivity index (χ4n) is 2.66. The minimum absolute atomic E-state index is 0.200. The van der Waals surface area contributed by atoms with E-state index < -0.39 is 11.9 Å². The lowest BCUT2D eigenvalue weighted by molar-refractivity contribution is -0.143. The molecule has 1 aromatic heterocycles. The number of amides is 2. The van der Waals surface area contributed by atoms with E-state index in [2.05, 4.69) is 10.3 Å². The van der Waals surface area contributed by atoms with E-state index in [-0.39, 0.29) is 18.5 Å². The van der Waals surface area contributed by atoms with Crippen LogP contribution in [0, 0.1) is 18.8 Å². The molecule has 2 rings (SSSR count). The monoisotopic (exact) mass is 291 g/mol. The van der Waals surface area contributed by atoms with Crippen molar-refractivity contribution in [3.8, 4) is 0 Å². The Kier molecular flexibility index (Phi) is 4.77.